The number of aromatic nitrogens is 5. The van der Waals surface area contributed by atoms with E-state index in [4.69, 9.17) is 0 Å². The third-order valence-corrected chi connectivity index (χ3v) is 5.54. The molecule has 8 heteroatoms. The van der Waals surface area contributed by atoms with Gasteiger partial charge in [0.15, 0.2) is 5.69 Å². The highest BCUT2D eigenvalue weighted by Crippen LogP contribution is 2.23. The maximum atomic E-state index is 14.2. The maximum absolute atomic E-state index is 14.2. The number of hydrogen-bond donors (Lipinski definition) is 2. The highest BCUT2D eigenvalue weighted by molar-refractivity contribution is 5.98. The van der Waals surface area contributed by atoms with Crippen LogP contribution in [-0.2, 0) is 13.0 Å². The van der Waals surface area contributed by atoms with E-state index >= 15 is 0 Å². The SMILES string of the molecule is O=C(NCCc1c[nH]c2ccccc12)c1nnn(Cc2ccccc2F)c1-c1ccncc1. The van der Waals surface area contributed by atoms with Gasteiger partial charge in [0, 0.05) is 47.2 Å². The van der Waals surface area contributed by atoms with Gasteiger partial charge in [0.05, 0.1) is 6.54 Å². The molecule has 0 atom stereocenters. The molecule has 2 N–H and O–H groups in total. The number of aromatic amines is 1. The van der Waals surface area contributed by atoms with Crippen LogP contribution in [0.2, 0.25) is 0 Å². The molecule has 0 saturated heterocycles. The van der Waals surface area contributed by atoms with E-state index in [9.17, 15) is 9.18 Å². The molecule has 1 amide bonds. The molecule has 0 bridgehead atoms. The molecular formula is C25H21FN6O. The number of pyridine rings is 1. The molecule has 164 valence electrons. The largest absolute Gasteiger partial charge is 0.361 e. The zero-order chi connectivity index (χ0) is 22.6. The number of hydrogen-bond acceptors (Lipinski definition) is 4. The van der Waals surface area contributed by atoms with Crippen molar-refractivity contribution in [3.8, 4) is 11.3 Å². The lowest BCUT2D eigenvalue weighted by Gasteiger charge is -2.09. The number of carbonyl (C=O) groups is 1. The summed E-state index contributed by atoms with van der Waals surface area (Å²) in [5.74, 6) is -0.667. The van der Waals surface area contributed by atoms with E-state index in [-0.39, 0.29) is 24.0 Å². The van der Waals surface area contributed by atoms with E-state index in [1.807, 2.05) is 24.4 Å². The van der Waals surface area contributed by atoms with E-state index in [2.05, 4.69) is 31.7 Å². The van der Waals surface area contributed by atoms with Gasteiger partial charge in [0.2, 0.25) is 0 Å². The monoisotopic (exact) mass is 440 g/mol. The molecule has 3 aromatic heterocycles. The van der Waals surface area contributed by atoms with Crippen LogP contribution in [0.5, 0.6) is 0 Å². The van der Waals surface area contributed by atoms with E-state index in [0.717, 1.165) is 22.0 Å². The van der Waals surface area contributed by atoms with Gasteiger partial charge in [-0.05, 0) is 36.2 Å². The van der Waals surface area contributed by atoms with Crippen molar-refractivity contribution >= 4 is 16.8 Å². The molecule has 3 heterocycles. The number of fused-ring (bicyclic) bond motifs is 1. The van der Waals surface area contributed by atoms with E-state index < -0.39 is 0 Å². The van der Waals surface area contributed by atoms with Crippen molar-refractivity contribution in [1.82, 2.24) is 30.3 Å². The van der Waals surface area contributed by atoms with Crippen molar-refractivity contribution in [2.45, 2.75) is 13.0 Å². The van der Waals surface area contributed by atoms with Crippen LogP contribution in [0.15, 0.2) is 79.3 Å². The van der Waals surface area contributed by atoms with Gasteiger partial charge < -0.3 is 10.3 Å². The number of halogens is 1. The minimum atomic E-state index is -0.335. The molecule has 0 unspecified atom stereocenters. The Morgan fingerprint density at radius 2 is 1.79 bits per heavy atom. The molecule has 7 nitrogen and oxygen atoms in total. The fourth-order valence-electron chi connectivity index (χ4n) is 3.89. The Hall–Kier alpha value is -4.33. The van der Waals surface area contributed by atoms with Crippen LogP contribution in [0.25, 0.3) is 22.2 Å². The Bertz CT molecular complexity index is 1410. The minimum absolute atomic E-state index is 0.153. The average Bonchev–Trinajstić information content (AvgIpc) is 3.46. The van der Waals surface area contributed by atoms with Crippen LogP contribution in [0.4, 0.5) is 4.39 Å². The number of carbonyl (C=O) groups excluding carboxylic acids is 1. The first-order valence-corrected chi connectivity index (χ1v) is 10.6. The molecule has 0 aliphatic carbocycles. The van der Waals surface area contributed by atoms with Crippen molar-refractivity contribution in [3.05, 3.63) is 102 Å². The van der Waals surface area contributed by atoms with Crippen molar-refractivity contribution in [2.24, 2.45) is 0 Å². The molecule has 33 heavy (non-hydrogen) atoms. The summed E-state index contributed by atoms with van der Waals surface area (Å²) < 4.78 is 15.8. The molecule has 2 aromatic carbocycles. The zero-order valence-electron chi connectivity index (χ0n) is 17.7. The lowest BCUT2D eigenvalue weighted by molar-refractivity contribution is 0.0949. The van der Waals surface area contributed by atoms with Gasteiger partial charge in [-0.2, -0.15) is 0 Å². The predicted octanol–water partition coefficient (Wildman–Crippen LogP) is 3.98. The van der Waals surface area contributed by atoms with Gasteiger partial charge in [0.1, 0.15) is 11.5 Å². The van der Waals surface area contributed by atoms with E-state index in [0.29, 0.717) is 24.2 Å². The van der Waals surface area contributed by atoms with Gasteiger partial charge in [-0.15, -0.1) is 5.10 Å². The van der Waals surface area contributed by atoms with Crippen molar-refractivity contribution < 1.29 is 9.18 Å². The highest BCUT2D eigenvalue weighted by Gasteiger charge is 2.22. The van der Waals surface area contributed by atoms with Crippen molar-refractivity contribution in [1.29, 1.82) is 0 Å². The number of para-hydroxylation sites is 1. The normalized spacial score (nSPS) is 11.1. The van der Waals surface area contributed by atoms with Gasteiger partial charge in [0.25, 0.3) is 5.91 Å². The number of amides is 1. The smallest absolute Gasteiger partial charge is 0.274 e. The molecular weight excluding hydrogens is 419 g/mol. The molecule has 0 radical (unpaired) electrons. The second-order valence-electron chi connectivity index (χ2n) is 7.64. The van der Waals surface area contributed by atoms with E-state index in [1.165, 1.54) is 6.07 Å². The van der Waals surface area contributed by atoms with E-state index in [1.54, 1.807) is 47.4 Å². The van der Waals surface area contributed by atoms with Crippen LogP contribution < -0.4 is 5.32 Å². The maximum Gasteiger partial charge on any atom is 0.274 e. The predicted molar refractivity (Wildman–Crippen MR) is 123 cm³/mol. The van der Waals surface area contributed by atoms with Gasteiger partial charge >= 0.3 is 0 Å². The summed E-state index contributed by atoms with van der Waals surface area (Å²) in [4.78, 5) is 20.3. The number of H-pyrrole nitrogens is 1. The second-order valence-corrected chi connectivity index (χ2v) is 7.64. The fourth-order valence-corrected chi connectivity index (χ4v) is 3.89. The Morgan fingerprint density at radius 1 is 1.00 bits per heavy atom. The lowest BCUT2D eigenvalue weighted by Crippen LogP contribution is -2.26. The molecule has 5 rings (SSSR count). The third kappa shape index (κ3) is 4.23. The molecule has 0 spiro atoms. The summed E-state index contributed by atoms with van der Waals surface area (Å²) in [6.45, 7) is 0.594. The molecule has 0 aliphatic rings. The van der Waals surface area contributed by atoms with Crippen LogP contribution in [0.3, 0.4) is 0 Å². The van der Waals surface area contributed by atoms with Gasteiger partial charge in [-0.3, -0.25) is 9.78 Å². The number of nitrogens with zero attached hydrogens (tertiary/aromatic N) is 4. The lowest BCUT2D eigenvalue weighted by atomic mass is 10.1. The van der Waals surface area contributed by atoms with Crippen molar-refractivity contribution in [3.63, 3.8) is 0 Å². The van der Waals surface area contributed by atoms with Gasteiger partial charge in [-0.25, -0.2) is 9.07 Å². The van der Waals surface area contributed by atoms with Crippen molar-refractivity contribution in [2.75, 3.05) is 6.54 Å². The van der Waals surface area contributed by atoms with Crippen LogP contribution in [-0.4, -0.2) is 37.4 Å². The number of benzene rings is 2. The molecule has 0 aliphatic heterocycles. The topological polar surface area (TPSA) is 88.5 Å². The summed E-state index contributed by atoms with van der Waals surface area (Å²) in [6, 6.07) is 18.1. The first-order valence-electron chi connectivity index (χ1n) is 10.6. The van der Waals surface area contributed by atoms with Crippen LogP contribution in [0, 0.1) is 5.82 Å². The first-order chi connectivity index (χ1) is 16.2. The standard InChI is InChI=1S/C25H21FN6O/c26-21-7-3-1-5-19(21)16-32-24(17-9-12-27-13-10-17)23(30-31-32)25(33)28-14-11-18-15-29-22-8-4-2-6-20(18)22/h1-10,12-13,15,29H,11,14,16H2,(H,28,33). The summed E-state index contributed by atoms with van der Waals surface area (Å²) in [5.41, 5.74) is 4.09. The Kier molecular flexibility index (Phi) is 5.63. The molecule has 0 fully saturated rings. The van der Waals surface area contributed by atoms with Crippen LogP contribution in [0.1, 0.15) is 21.6 Å². The second kappa shape index (κ2) is 9.04. The summed E-state index contributed by atoms with van der Waals surface area (Å²) in [5, 5.41) is 12.4. The first kappa shape index (κ1) is 20.6. The molecule has 0 saturated carbocycles. The summed E-state index contributed by atoms with van der Waals surface area (Å²) in [7, 11) is 0. The van der Waals surface area contributed by atoms with Crippen LogP contribution >= 0.6 is 0 Å². The number of nitrogens with one attached hydrogen (secondary N) is 2. The summed E-state index contributed by atoms with van der Waals surface area (Å²) in [6.07, 6.45) is 5.90. The quantitative estimate of drug-likeness (QED) is 0.401. The number of rotatable bonds is 7. The Morgan fingerprint density at radius 3 is 2.64 bits per heavy atom. The fraction of sp³-hybridized carbons (Fsp3) is 0.120. The summed E-state index contributed by atoms with van der Waals surface area (Å²) >= 11 is 0. The Labute approximate surface area is 189 Å². The molecule has 5 aromatic rings. The minimum Gasteiger partial charge on any atom is -0.361 e. The zero-order valence-corrected chi connectivity index (χ0v) is 17.7. The Balaban J connectivity index is 1.38. The average molecular weight is 440 g/mol. The van der Waals surface area contributed by atoms with Gasteiger partial charge in [-0.1, -0.05) is 41.6 Å². The third-order valence-electron chi connectivity index (χ3n) is 5.54. The highest BCUT2D eigenvalue weighted by atomic mass is 19.1.